The van der Waals surface area contributed by atoms with Gasteiger partial charge in [0.15, 0.2) is 5.76 Å². The van der Waals surface area contributed by atoms with Crippen LogP contribution in [0.2, 0.25) is 0 Å². The first kappa shape index (κ1) is 15.9. The standard InChI is InChI=1S/C16H16O6/c1-21-15-7-11(9-18)6-13(16(15,20)22-2)12-5-10(8-17)3-4-14(12)19/h3-9,13,19-20H,1-2H3. The van der Waals surface area contributed by atoms with Crippen LogP contribution in [0.25, 0.3) is 0 Å². The maximum absolute atomic E-state index is 11.1. The van der Waals surface area contributed by atoms with Gasteiger partial charge in [0, 0.05) is 23.8 Å². The summed E-state index contributed by atoms with van der Waals surface area (Å²) in [7, 11) is 2.61. The largest absolute Gasteiger partial charge is 0.508 e. The highest BCUT2D eigenvalue weighted by Gasteiger charge is 2.45. The van der Waals surface area contributed by atoms with Crippen molar-refractivity contribution in [1.82, 2.24) is 0 Å². The summed E-state index contributed by atoms with van der Waals surface area (Å²) in [4.78, 5) is 22.0. The molecule has 22 heavy (non-hydrogen) atoms. The van der Waals surface area contributed by atoms with Crippen LogP contribution in [0, 0.1) is 0 Å². The average Bonchev–Trinajstić information content (AvgIpc) is 2.55. The van der Waals surface area contributed by atoms with Crippen LogP contribution < -0.4 is 0 Å². The predicted octanol–water partition coefficient (Wildman–Crippen LogP) is 1.29. The number of aliphatic hydroxyl groups is 1. The summed E-state index contributed by atoms with van der Waals surface area (Å²) in [5.74, 6) is -2.93. The van der Waals surface area contributed by atoms with Crippen molar-refractivity contribution in [3.8, 4) is 5.75 Å². The quantitative estimate of drug-likeness (QED) is 0.629. The molecular formula is C16H16O6. The molecule has 6 nitrogen and oxygen atoms in total. The molecule has 0 aliphatic heterocycles. The van der Waals surface area contributed by atoms with Crippen molar-refractivity contribution in [2.45, 2.75) is 11.7 Å². The van der Waals surface area contributed by atoms with E-state index in [0.717, 1.165) is 0 Å². The molecule has 0 spiro atoms. The highest BCUT2D eigenvalue weighted by Crippen LogP contribution is 2.43. The van der Waals surface area contributed by atoms with E-state index >= 15 is 0 Å². The highest BCUT2D eigenvalue weighted by atomic mass is 16.6. The van der Waals surface area contributed by atoms with Crippen LogP contribution in [0.15, 0.2) is 41.7 Å². The lowest BCUT2D eigenvalue weighted by molar-refractivity contribution is -0.189. The fourth-order valence-electron chi connectivity index (χ4n) is 2.46. The first-order valence-electron chi connectivity index (χ1n) is 6.49. The highest BCUT2D eigenvalue weighted by molar-refractivity contribution is 5.80. The molecule has 116 valence electrons. The second-order valence-corrected chi connectivity index (χ2v) is 4.81. The van der Waals surface area contributed by atoms with Gasteiger partial charge in [-0.3, -0.25) is 9.59 Å². The van der Waals surface area contributed by atoms with E-state index in [1.54, 1.807) is 0 Å². The molecule has 0 heterocycles. The van der Waals surface area contributed by atoms with E-state index in [1.165, 1.54) is 44.6 Å². The van der Waals surface area contributed by atoms with E-state index in [0.29, 0.717) is 18.1 Å². The Morgan fingerprint density at radius 3 is 2.50 bits per heavy atom. The monoisotopic (exact) mass is 304 g/mol. The zero-order valence-electron chi connectivity index (χ0n) is 12.1. The smallest absolute Gasteiger partial charge is 0.235 e. The number of carbonyl (C=O) groups is 2. The number of aromatic hydroxyl groups is 1. The number of hydrogen-bond donors (Lipinski definition) is 2. The molecule has 0 amide bonds. The third kappa shape index (κ3) is 2.54. The third-order valence-corrected chi connectivity index (χ3v) is 3.62. The van der Waals surface area contributed by atoms with Crippen molar-refractivity contribution in [3.05, 3.63) is 52.8 Å². The number of hydrogen-bond acceptors (Lipinski definition) is 6. The molecule has 0 bridgehead atoms. The van der Waals surface area contributed by atoms with E-state index in [4.69, 9.17) is 9.47 Å². The van der Waals surface area contributed by atoms with Gasteiger partial charge >= 0.3 is 0 Å². The minimum Gasteiger partial charge on any atom is -0.508 e. The Balaban J connectivity index is 2.65. The van der Waals surface area contributed by atoms with Crippen LogP contribution in [-0.4, -0.2) is 42.8 Å². The molecule has 6 heteroatoms. The van der Waals surface area contributed by atoms with Crippen molar-refractivity contribution >= 4 is 12.6 Å². The Morgan fingerprint density at radius 2 is 1.95 bits per heavy atom. The lowest BCUT2D eigenvalue weighted by Gasteiger charge is -2.37. The lowest BCUT2D eigenvalue weighted by atomic mass is 9.82. The molecule has 0 aromatic heterocycles. The minimum absolute atomic E-state index is 0.0282. The first-order chi connectivity index (χ1) is 10.5. The number of rotatable bonds is 5. The fourth-order valence-corrected chi connectivity index (χ4v) is 2.46. The molecule has 2 unspecified atom stereocenters. The number of methoxy groups -OCH3 is 2. The van der Waals surface area contributed by atoms with Gasteiger partial charge in [0.25, 0.3) is 0 Å². The number of benzene rings is 1. The van der Waals surface area contributed by atoms with Crippen molar-refractivity contribution in [3.63, 3.8) is 0 Å². The van der Waals surface area contributed by atoms with Crippen molar-refractivity contribution < 1.29 is 29.3 Å². The fraction of sp³-hybridized carbons (Fsp3) is 0.250. The summed E-state index contributed by atoms with van der Waals surface area (Å²) in [6.07, 6.45) is 4.02. The van der Waals surface area contributed by atoms with Crippen molar-refractivity contribution in [2.24, 2.45) is 0 Å². The van der Waals surface area contributed by atoms with Crippen LogP contribution in [-0.2, 0) is 14.3 Å². The number of phenols is 1. The number of ether oxygens (including phenoxy) is 2. The van der Waals surface area contributed by atoms with E-state index in [9.17, 15) is 19.8 Å². The third-order valence-electron chi connectivity index (χ3n) is 3.62. The summed E-state index contributed by atoms with van der Waals surface area (Å²) in [6, 6.07) is 4.21. The second-order valence-electron chi connectivity index (χ2n) is 4.81. The van der Waals surface area contributed by atoms with E-state index in [-0.39, 0.29) is 22.6 Å². The summed E-state index contributed by atoms with van der Waals surface area (Å²) < 4.78 is 10.3. The Kier molecular flexibility index (Phi) is 4.44. The average molecular weight is 304 g/mol. The number of aldehydes is 2. The van der Waals surface area contributed by atoms with E-state index in [2.05, 4.69) is 0 Å². The molecule has 1 aromatic carbocycles. The van der Waals surface area contributed by atoms with Gasteiger partial charge in [-0.05, 0) is 24.3 Å². The van der Waals surface area contributed by atoms with Crippen LogP contribution in [0.3, 0.4) is 0 Å². The Bertz CT molecular complexity index is 661. The first-order valence-corrected chi connectivity index (χ1v) is 6.49. The van der Waals surface area contributed by atoms with Crippen LogP contribution in [0.5, 0.6) is 5.75 Å². The lowest BCUT2D eigenvalue weighted by Crippen LogP contribution is -2.42. The van der Waals surface area contributed by atoms with Gasteiger partial charge in [-0.15, -0.1) is 0 Å². The van der Waals surface area contributed by atoms with Gasteiger partial charge in [-0.1, -0.05) is 6.08 Å². The zero-order valence-corrected chi connectivity index (χ0v) is 12.1. The maximum atomic E-state index is 11.1. The summed E-state index contributed by atoms with van der Waals surface area (Å²) in [5.41, 5.74) is 0.830. The molecule has 0 radical (unpaired) electrons. The Labute approximate surface area is 127 Å². The molecule has 2 atom stereocenters. The summed E-state index contributed by atoms with van der Waals surface area (Å²) >= 11 is 0. The second kappa shape index (κ2) is 6.13. The van der Waals surface area contributed by atoms with Gasteiger partial charge in [-0.2, -0.15) is 0 Å². The van der Waals surface area contributed by atoms with Gasteiger partial charge < -0.3 is 19.7 Å². The van der Waals surface area contributed by atoms with E-state index in [1.807, 2.05) is 0 Å². The van der Waals surface area contributed by atoms with Crippen LogP contribution in [0.1, 0.15) is 21.8 Å². The molecule has 1 aromatic rings. The van der Waals surface area contributed by atoms with Gasteiger partial charge in [-0.25, -0.2) is 0 Å². The SMILES string of the molecule is COC1=CC(C=O)=CC(c2cc(C=O)ccc2O)C1(O)OC. The number of allylic oxidation sites excluding steroid dienone is 2. The summed E-state index contributed by atoms with van der Waals surface area (Å²) in [5, 5.41) is 20.8. The van der Waals surface area contributed by atoms with Crippen molar-refractivity contribution in [2.75, 3.05) is 14.2 Å². The topological polar surface area (TPSA) is 93.1 Å². The number of phenolic OH excluding ortho intramolecular Hbond substituents is 1. The molecule has 2 N–H and O–H groups in total. The zero-order chi connectivity index (χ0) is 16.3. The van der Waals surface area contributed by atoms with Gasteiger partial charge in [0.2, 0.25) is 5.79 Å². The van der Waals surface area contributed by atoms with Crippen LogP contribution in [0.4, 0.5) is 0 Å². The molecule has 2 rings (SSSR count). The van der Waals surface area contributed by atoms with E-state index < -0.39 is 11.7 Å². The Hall–Kier alpha value is -2.44. The maximum Gasteiger partial charge on any atom is 0.235 e. The van der Waals surface area contributed by atoms with Gasteiger partial charge in [0.1, 0.15) is 18.3 Å². The molecule has 0 fully saturated rings. The molecular weight excluding hydrogens is 288 g/mol. The molecule has 0 saturated heterocycles. The normalized spacial score (nSPS) is 24.2. The van der Waals surface area contributed by atoms with Crippen molar-refractivity contribution in [1.29, 1.82) is 0 Å². The van der Waals surface area contributed by atoms with Gasteiger partial charge in [0.05, 0.1) is 13.0 Å². The minimum atomic E-state index is -1.90. The molecule has 1 aliphatic rings. The number of carbonyl (C=O) groups excluding carboxylic acids is 2. The Morgan fingerprint density at radius 1 is 1.23 bits per heavy atom. The summed E-state index contributed by atoms with van der Waals surface area (Å²) in [6.45, 7) is 0. The predicted molar refractivity (Wildman–Crippen MR) is 77.4 cm³/mol. The van der Waals surface area contributed by atoms with Crippen LogP contribution >= 0.6 is 0 Å². The molecule has 1 aliphatic carbocycles. The molecule has 0 saturated carbocycles.